The van der Waals surface area contributed by atoms with Crippen LogP contribution in [0.1, 0.15) is 68.7 Å². The monoisotopic (exact) mass is 718 g/mol. The highest BCUT2D eigenvalue weighted by Crippen LogP contribution is 2.24. The summed E-state index contributed by atoms with van der Waals surface area (Å²) in [6.45, 7) is 19.3. The van der Waals surface area contributed by atoms with Crippen molar-refractivity contribution in [3.63, 3.8) is 0 Å². The average Bonchev–Trinajstić information content (AvgIpc) is 3.03. The van der Waals surface area contributed by atoms with Gasteiger partial charge in [0.25, 0.3) is 0 Å². The summed E-state index contributed by atoms with van der Waals surface area (Å²) in [5.41, 5.74) is 0. The lowest BCUT2D eigenvalue weighted by Crippen LogP contribution is -2.57. The third-order valence-corrected chi connectivity index (χ3v) is 7.96. The van der Waals surface area contributed by atoms with Crippen LogP contribution in [0.4, 0.5) is 0 Å². The molecule has 3 aliphatic heterocycles. The first-order chi connectivity index (χ1) is 22.8. The van der Waals surface area contributed by atoms with Gasteiger partial charge in [-0.25, -0.2) is 0 Å². The van der Waals surface area contributed by atoms with Gasteiger partial charge in [-0.05, 0) is 44.9 Å². The Morgan fingerprint density at radius 1 is 0.408 bits per heavy atom. The van der Waals surface area contributed by atoms with Crippen LogP contribution in [0, 0.1) is 17.8 Å². The van der Waals surface area contributed by atoms with Crippen LogP contribution in [0.15, 0.2) is 0 Å². The maximum atomic E-state index is 9.67. The fourth-order valence-corrected chi connectivity index (χ4v) is 4.70. The Kier molecular flexibility index (Phi) is 21.9. The SMILES string of the molecule is CC(C)CCO[C@@H]1O[C@@H](C)[C@@H](O)C(O)C1O.CC(C)COCCO[C@@H]1O[C@@H](C)[C@@H](O)C(O)C1O.CC(C)CO[C@@H]1O[C@@H](C)[C@@H](O)C(O)C1O. The van der Waals surface area contributed by atoms with E-state index in [1.807, 2.05) is 27.7 Å². The van der Waals surface area contributed by atoms with Gasteiger partial charge in [-0.2, -0.15) is 0 Å². The van der Waals surface area contributed by atoms with Gasteiger partial charge in [-0.3, -0.25) is 0 Å². The molecular weight excluding hydrogens is 652 g/mol. The average molecular weight is 719 g/mol. The van der Waals surface area contributed by atoms with E-state index in [9.17, 15) is 46.0 Å². The minimum Gasteiger partial charge on any atom is -0.388 e. The van der Waals surface area contributed by atoms with Crippen molar-refractivity contribution in [3.8, 4) is 0 Å². The van der Waals surface area contributed by atoms with E-state index in [0.717, 1.165) is 6.42 Å². The van der Waals surface area contributed by atoms with Crippen molar-refractivity contribution < 1.29 is 79.1 Å². The molecule has 0 spiro atoms. The van der Waals surface area contributed by atoms with Crippen LogP contribution in [0.2, 0.25) is 0 Å². The summed E-state index contributed by atoms with van der Waals surface area (Å²) in [7, 11) is 0. The molecule has 0 aliphatic carbocycles. The molecule has 0 aromatic carbocycles. The fraction of sp³-hybridized carbons (Fsp3) is 1.00. The minimum atomic E-state index is -1.25. The van der Waals surface area contributed by atoms with Gasteiger partial charge in [-0.1, -0.05) is 41.5 Å². The molecule has 0 radical (unpaired) electrons. The van der Waals surface area contributed by atoms with E-state index in [4.69, 9.17) is 33.2 Å². The highest BCUT2D eigenvalue weighted by molar-refractivity contribution is 4.88. The number of rotatable bonds is 13. The van der Waals surface area contributed by atoms with Crippen molar-refractivity contribution >= 4 is 0 Å². The summed E-state index contributed by atoms with van der Waals surface area (Å²) >= 11 is 0. The van der Waals surface area contributed by atoms with E-state index in [1.165, 1.54) is 0 Å². The molecule has 3 heterocycles. The number of hydrogen-bond acceptors (Lipinski definition) is 16. The van der Waals surface area contributed by atoms with Crippen molar-refractivity contribution in [1.29, 1.82) is 0 Å². The fourth-order valence-electron chi connectivity index (χ4n) is 4.70. The zero-order valence-electron chi connectivity index (χ0n) is 30.5. The summed E-state index contributed by atoms with van der Waals surface area (Å²) in [5, 5.41) is 85.8. The molecule has 3 rings (SSSR count). The topological polar surface area (TPSA) is 247 Å². The Hall–Kier alpha value is -0.640. The summed E-state index contributed by atoms with van der Waals surface area (Å²) in [6, 6.07) is 0. The number of hydrogen-bond donors (Lipinski definition) is 9. The number of aliphatic hydroxyl groups is 9. The van der Waals surface area contributed by atoms with Crippen LogP contribution < -0.4 is 0 Å². The van der Waals surface area contributed by atoms with E-state index in [2.05, 4.69) is 13.8 Å². The predicted octanol–water partition coefficient (Wildman–Crippen LogP) is -1.13. The van der Waals surface area contributed by atoms with E-state index in [-0.39, 0.29) is 6.61 Å². The normalized spacial score (nSPS) is 39.7. The molecule has 16 nitrogen and oxygen atoms in total. The van der Waals surface area contributed by atoms with E-state index in [1.54, 1.807) is 20.8 Å². The summed E-state index contributed by atoms with van der Waals surface area (Å²) in [6.07, 6.45) is -14.0. The zero-order valence-corrected chi connectivity index (χ0v) is 30.5. The highest BCUT2D eigenvalue weighted by Gasteiger charge is 2.44. The molecule has 16 heteroatoms. The first-order valence-electron chi connectivity index (χ1n) is 17.3. The second-order valence-electron chi connectivity index (χ2n) is 14.2. The van der Waals surface area contributed by atoms with Gasteiger partial charge in [0.05, 0.1) is 44.7 Å². The summed E-state index contributed by atoms with van der Waals surface area (Å²) in [5.74, 6) is 1.28. The van der Waals surface area contributed by atoms with Crippen LogP contribution in [0.25, 0.3) is 0 Å². The van der Waals surface area contributed by atoms with Crippen LogP contribution in [-0.2, 0) is 33.2 Å². The lowest BCUT2D eigenvalue weighted by molar-refractivity contribution is -0.294. The summed E-state index contributed by atoms with van der Waals surface area (Å²) in [4.78, 5) is 0. The molecular formula is C33H66O16. The lowest BCUT2D eigenvalue weighted by atomic mass is 10.00. The van der Waals surface area contributed by atoms with Crippen LogP contribution >= 0.6 is 0 Å². The largest absolute Gasteiger partial charge is 0.388 e. The van der Waals surface area contributed by atoms with Gasteiger partial charge >= 0.3 is 0 Å². The molecule has 49 heavy (non-hydrogen) atoms. The standard InChI is InChI=1S/C12H24O6.C11H22O5.C10H20O5/c1-7(2)6-16-4-5-17-12-11(15)10(14)9(13)8(3)18-12;1-6(2)4-5-15-11-10(14)9(13)8(12)7(3)16-11;1-5(2)4-14-10-9(13)8(12)7(11)6(3)15-10/h7-15H,4-6H2,1-3H3;6-14H,4-5H2,1-3H3;5-13H,4H2,1-3H3/t8-,9+,10?,11?,12+;7-,8+,9?,10?,11+;6-,7+,8?,9?,10+/m000/s1. The second kappa shape index (κ2) is 23.1. The molecule has 6 unspecified atom stereocenters. The van der Waals surface area contributed by atoms with Crippen molar-refractivity contribution in [2.45, 2.75) is 161 Å². The first-order valence-corrected chi connectivity index (χ1v) is 17.3. The van der Waals surface area contributed by atoms with Crippen LogP contribution in [-0.4, -0.2) is 171 Å². The van der Waals surface area contributed by atoms with E-state index >= 15 is 0 Å². The molecule has 3 saturated heterocycles. The van der Waals surface area contributed by atoms with Crippen molar-refractivity contribution in [3.05, 3.63) is 0 Å². The molecule has 294 valence electrons. The molecule has 9 N–H and O–H groups in total. The third kappa shape index (κ3) is 15.9. The zero-order chi connectivity index (χ0) is 37.6. The van der Waals surface area contributed by atoms with Gasteiger partial charge in [0.2, 0.25) is 0 Å². The first kappa shape index (κ1) is 46.4. The van der Waals surface area contributed by atoms with Crippen molar-refractivity contribution in [2.24, 2.45) is 17.8 Å². The Bertz CT molecular complexity index is 852. The Balaban J connectivity index is 0.000000369. The number of aliphatic hydroxyl groups excluding tert-OH is 9. The van der Waals surface area contributed by atoms with Gasteiger partial charge in [0.15, 0.2) is 18.9 Å². The smallest absolute Gasteiger partial charge is 0.186 e. The highest BCUT2D eigenvalue weighted by atomic mass is 16.7. The third-order valence-electron chi connectivity index (χ3n) is 7.96. The Morgan fingerprint density at radius 3 is 1.10 bits per heavy atom. The molecule has 15 atom stereocenters. The van der Waals surface area contributed by atoms with E-state index < -0.39 is 92.1 Å². The molecule has 0 aromatic heterocycles. The van der Waals surface area contributed by atoms with Crippen LogP contribution in [0.5, 0.6) is 0 Å². The molecule has 0 aromatic rings. The van der Waals surface area contributed by atoms with Gasteiger partial charge in [0, 0.05) is 6.61 Å². The molecule has 3 aliphatic rings. The maximum absolute atomic E-state index is 9.67. The van der Waals surface area contributed by atoms with E-state index in [0.29, 0.717) is 44.2 Å². The van der Waals surface area contributed by atoms with Crippen LogP contribution in [0.3, 0.4) is 0 Å². The maximum Gasteiger partial charge on any atom is 0.186 e. The molecule has 0 amide bonds. The minimum absolute atomic E-state index is 0.268. The van der Waals surface area contributed by atoms with Gasteiger partial charge in [0.1, 0.15) is 54.9 Å². The quantitative estimate of drug-likeness (QED) is 0.102. The predicted molar refractivity (Wildman–Crippen MR) is 175 cm³/mol. The van der Waals surface area contributed by atoms with Crippen molar-refractivity contribution in [2.75, 3.05) is 33.0 Å². The summed E-state index contributed by atoms with van der Waals surface area (Å²) < 4.78 is 37.1. The second-order valence-corrected chi connectivity index (χ2v) is 14.2. The molecule has 0 saturated carbocycles. The van der Waals surface area contributed by atoms with Crippen molar-refractivity contribution in [1.82, 2.24) is 0 Å². The molecule has 3 fully saturated rings. The Labute approximate surface area is 290 Å². The van der Waals surface area contributed by atoms with Gasteiger partial charge < -0.3 is 79.1 Å². The Morgan fingerprint density at radius 2 is 0.755 bits per heavy atom. The lowest BCUT2D eigenvalue weighted by Gasteiger charge is -2.39. The van der Waals surface area contributed by atoms with Gasteiger partial charge in [-0.15, -0.1) is 0 Å². The number of ether oxygens (including phenoxy) is 7. The molecule has 0 bridgehead atoms.